The van der Waals surface area contributed by atoms with E-state index < -0.39 is 0 Å². The van der Waals surface area contributed by atoms with Crippen LogP contribution in [0.5, 0.6) is 0 Å². The maximum absolute atomic E-state index is 5.06. The van der Waals surface area contributed by atoms with Crippen molar-refractivity contribution in [2.24, 2.45) is 23.7 Å². The van der Waals surface area contributed by atoms with Crippen molar-refractivity contribution in [3.63, 3.8) is 0 Å². The molecule has 3 heteroatoms. The Morgan fingerprint density at radius 2 is 0.920 bits per heavy atom. The minimum absolute atomic E-state index is 0.174. The van der Waals surface area contributed by atoms with Crippen molar-refractivity contribution >= 4 is 10.8 Å². The normalized spacial score (nSPS) is 24.1. The summed E-state index contributed by atoms with van der Waals surface area (Å²) in [7, 11) is 0. The third-order valence-corrected chi connectivity index (χ3v) is 12.7. The van der Waals surface area contributed by atoms with Crippen LogP contribution >= 0.6 is 0 Å². The zero-order valence-electron chi connectivity index (χ0n) is 28.0. The summed E-state index contributed by atoms with van der Waals surface area (Å²) >= 11 is 0. The molecule has 1 spiro atoms. The standard InChI is InChI=1S/C47H37N3/c1-2-9-33(10-3-1)44-48-45(50-46(49-44)37-19-16-31-8-4-5-11-35(31)27-37)34-17-14-32(15-18-34)36-20-21-41-40-12-6-7-13-42(40)47(43(41)28-36)38-23-29-22-30(25-38)26-39(47)24-29/h1-21,27-30,38-39H,22-26H2. The summed E-state index contributed by atoms with van der Waals surface area (Å²) in [5.41, 5.74) is 11.8. The molecule has 3 nitrogen and oxygen atoms in total. The summed E-state index contributed by atoms with van der Waals surface area (Å²) < 4.78 is 0. The predicted octanol–water partition coefficient (Wildman–Crippen LogP) is 11.4. The zero-order valence-corrected chi connectivity index (χ0v) is 28.0. The SMILES string of the molecule is c1ccc(-c2nc(-c3ccc(-c4ccc5c(c4)C4(c6ccccc6-5)C5CC6CC(C5)CC4C6)cc3)nc(-c3ccc4ccccc4c3)n2)cc1. The van der Waals surface area contributed by atoms with Crippen molar-refractivity contribution in [1.29, 1.82) is 0 Å². The maximum atomic E-state index is 5.06. The highest BCUT2D eigenvalue weighted by Gasteiger charge is 2.61. The van der Waals surface area contributed by atoms with Gasteiger partial charge in [0.05, 0.1) is 0 Å². The van der Waals surface area contributed by atoms with Gasteiger partial charge in [-0.2, -0.15) is 0 Å². The predicted molar refractivity (Wildman–Crippen MR) is 202 cm³/mol. The molecule has 0 unspecified atom stereocenters. The van der Waals surface area contributed by atoms with Gasteiger partial charge in [-0.15, -0.1) is 0 Å². The average Bonchev–Trinajstić information content (AvgIpc) is 3.47. The van der Waals surface area contributed by atoms with E-state index in [9.17, 15) is 0 Å². The Balaban J connectivity index is 0.996. The Labute approximate surface area is 293 Å². The molecule has 4 bridgehead atoms. The van der Waals surface area contributed by atoms with E-state index in [0.717, 1.165) is 40.4 Å². The second-order valence-corrected chi connectivity index (χ2v) is 15.3. The van der Waals surface area contributed by atoms with E-state index >= 15 is 0 Å². The minimum atomic E-state index is 0.174. The van der Waals surface area contributed by atoms with E-state index in [0.29, 0.717) is 17.5 Å². The Hall–Kier alpha value is -5.41. The average molecular weight is 644 g/mol. The molecule has 4 saturated carbocycles. The first kappa shape index (κ1) is 28.4. The topological polar surface area (TPSA) is 38.7 Å². The van der Waals surface area contributed by atoms with Gasteiger partial charge < -0.3 is 0 Å². The quantitative estimate of drug-likeness (QED) is 0.192. The lowest BCUT2D eigenvalue weighted by Gasteiger charge is -2.61. The van der Waals surface area contributed by atoms with Crippen LogP contribution in [0.3, 0.4) is 0 Å². The summed E-state index contributed by atoms with van der Waals surface area (Å²) in [5.74, 6) is 5.45. The fraction of sp³-hybridized carbons (Fsp3) is 0.213. The van der Waals surface area contributed by atoms with E-state index in [1.165, 1.54) is 65.1 Å². The van der Waals surface area contributed by atoms with Gasteiger partial charge in [-0.05, 0) is 112 Å². The number of benzene rings is 6. The molecule has 6 aromatic carbocycles. The molecule has 12 rings (SSSR count). The van der Waals surface area contributed by atoms with Gasteiger partial charge in [0, 0.05) is 22.1 Å². The fourth-order valence-electron chi connectivity index (χ4n) is 10.8. The van der Waals surface area contributed by atoms with Gasteiger partial charge in [0.2, 0.25) is 0 Å². The van der Waals surface area contributed by atoms with E-state index in [-0.39, 0.29) is 5.41 Å². The van der Waals surface area contributed by atoms with Crippen molar-refractivity contribution in [2.45, 2.75) is 37.5 Å². The Kier molecular flexibility index (Phi) is 6.14. The van der Waals surface area contributed by atoms with Crippen LogP contribution in [0.4, 0.5) is 0 Å². The molecule has 0 atom stereocenters. The Morgan fingerprint density at radius 3 is 1.66 bits per heavy atom. The molecule has 5 aliphatic carbocycles. The summed E-state index contributed by atoms with van der Waals surface area (Å²) in [6.45, 7) is 0. The number of aromatic nitrogens is 3. The molecular formula is C47H37N3. The molecule has 240 valence electrons. The number of hydrogen-bond donors (Lipinski definition) is 0. The molecular weight excluding hydrogens is 607 g/mol. The van der Waals surface area contributed by atoms with Gasteiger partial charge >= 0.3 is 0 Å². The third kappa shape index (κ3) is 4.19. The second kappa shape index (κ2) is 10.8. The van der Waals surface area contributed by atoms with E-state index in [4.69, 9.17) is 15.0 Å². The molecule has 1 aromatic heterocycles. The van der Waals surface area contributed by atoms with E-state index in [1.807, 2.05) is 18.2 Å². The molecule has 0 N–H and O–H groups in total. The highest BCUT2D eigenvalue weighted by molar-refractivity contribution is 5.87. The van der Waals surface area contributed by atoms with E-state index in [1.54, 1.807) is 11.1 Å². The molecule has 4 fully saturated rings. The van der Waals surface area contributed by atoms with Gasteiger partial charge in [0.1, 0.15) is 0 Å². The molecule has 50 heavy (non-hydrogen) atoms. The van der Waals surface area contributed by atoms with Crippen LogP contribution < -0.4 is 0 Å². The zero-order chi connectivity index (χ0) is 32.8. The lowest BCUT2D eigenvalue weighted by molar-refractivity contribution is -0.0399. The molecule has 0 aliphatic heterocycles. The van der Waals surface area contributed by atoms with Crippen LogP contribution in [0.1, 0.15) is 43.2 Å². The smallest absolute Gasteiger partial charge is 0.164 e. The Bertz CT molecular complexity index is 2420. The van der Waals surface area contributed by atoms with Crippen molar-refractivity contribution in [3.05, 3.63) is 151 Å². The van der Waals surface area contributed by atoms with Gasteiger partial charge in [0.25, 0.3) is 0 Å². The second-order valence-electron chi connectivity index (χ2n) is 15.3. The van der Waals surface area contributed by atoms with Crippen LogP contribution in [0, 0.1) is 23.7 Å². The highest BCUT2D eigenvalue weighted by Crippen LogP contribution is 2.69. The highest BCUT2D eigenvalue weighted by atomic mass is 15.0. The molecule has 1 heterocycles. The lowest BCUT2D eigenvalue weighted by Crippen LogP contribution is -2.55. The summed E-state index contributed by atoms with van der Waals surface area (Å²) in [4.78, 5) is 15.0. The van der Waals surface area contributed by atoms with Crippen LogP contribution in [0.25, 0.3) is 67.2 Å². The van der Waals surface area contributed by atoms with Crippen LogP contribution in [-0.2, 0) is 5.41 Å². The van der Waals surface area contributed by atoms with Crippen molar-refractivity contribution in [1.82, 2.24) is 15.0 Å². The molecule has 0 amide bonds. The van der Waals surface area contributed by atoms with Gasteiger partial charge in [-0.3, -0.25) is 0 Å². The Morgan fingerprint density at radius 1 is 0.380 bits per heavy atom. The third-order valence-electron chi connectivity index (χ3n) is 12.7. The lowest BCUT2D eigenvalue weighted by atomic mass is 9.43. The summed E-state index contributed by atoms with van der Waals surface area (Å²) in [6, 6.07) is 50.7. The largest absolute Gasteiger partial charge is 0.208 e. The molecule has 7 aromatic rings. The fourth-order valence-corrected chi connectivity index (χ4v) is 10.8. The van der Waals surface area contributed by atoms with Gasteiger partial charge in [-0.25, -0.2) is 15.0 Å². The van der Waals surface area contributed by atoms with Gasteiger partial charge in [0.15, 0.2) is 17.5 Å². The van der Waals surface area contributed by atoms with Crippen LogP contribution in [0.15, 0.2) is 140 Å². The number of hydrogen-bond acceptors (Lipinski definition) is 3. The van der Waals surface area contributed by atoms with E-state index in [2.05, 4.69) is 121 Å². The first-order valence-corrected chi connectivity index (χ1v) is 18.4. The van der Waals surface area contributed by atoms with Crippen LogP contribution in [-0.4, -0.2) is 15.0 Å². The summed E-state index contributed by atoms with van der Waals surface area (Å²) in [5, 5.41) is 2.37. The number of rotatable bonds is 4. The summed E-state index contributed by atoms with van der Waals surface area (Å²) in [6.07, 6.45) is 7.08. The number of fused-ring (bicyclic) bond motifs is 4. The monoisotopic (exact) mass is 643 g/mol. The molecule has 5 aliphatic rings. The van der Waals surface area contributed by atoms with Gasteiger partial charge in [-0.1, -0.05) is 127 Å². The molecule has 0 radical (unpaired) electrons. The molecule has 0 saturated heterocycles. The first-order valence-electron chi connectivity index (χ1n) is 18.4. The van der Waals surface area contributed by atoms with Crippen molar-refractivity contribution in [2.75, 3.05) is 0 Å². The minimum Gasteiger partial charge on any atom is -0.208 e. The van der Waals surface area contributed by atoms with Crippen molar-refractivity contribution < 1.29 is 0 Å². The first-order chi connectivity index (χ1) is 24.7. The maximum Gasteiger partial charge on any atom is 0.164 e. The van der Waals surface area contributed by atoms with Crippen molar-refractivity contribution in [3.8, 4) is 56.4 Å². The number of nitrogens with zero attached hydrogens (tertiary/aromatic N) is 3. The van der Waals surface area contributed by atoms with Crippen LogP contribution in [0.2, 0.25) is 0 Å².